The molecule has 0 heterocycles. The second kappa shape index (κ2) is 9.89. The monoisotopic (exact) mass is 338 g/mol. The summed E-state index contributed by atoms with van der Waals surface area (Å²) in [5.74, 6) is -1.25. The molecule has 0 radical (unpaired) electrons. The fourth-order valence-corrected chi connectivity index (χ4v) is 2.48. The third-order valence-corrected chi connectivity index (χ3v) is 3.92. The van der Waals surface area contributed by atoms with E-state index in [2.05, 4.69) is 10.6 Å². The highest BCUT2D eigenvalue weighted by molar-refractivity contribution is 8.00. The number of carbonyl (C=O) groups is 3. The van der Waals surface area contributed by atoms with Crippen LogP contribution in [-0.4, -0.2) is 42.7 Å². The van der Waals surface area contributed by atoms with Crippen LogP contribution in [0.25, 0.3) is 0 Å². The van der Waals surface area contributed by atoms with Crippen LogP contribution in [0.2, 0.25) is 0 Å². The van der Waals surface area contributed by atoms with Crippen molar-refractivity contribution in [2.45, 2.75) is 30.9 Å². The van der Waals surface area contributed by atoms with Gasteiger partial charge in [-0.3, -0.25) is 14.4 Å². The molecule has 0 aromatic heterocycles. The molecule has 0 aliphatic carbocycles. The second-order valence-electron chi connectivity index (χ2n) is 4.91. The van der Waals surface area contributed by atoms with E-state index in [-0.39, 0.29) is 12.5 Å². The summed E-state index contributed by atoms with van der Waals surface area (Å²) in [5.41, 5.74) is 1.15. The molecule has 2 amide bonds. The fourth-order valence-electron chi connectivity index (χ4n) is 1.61. The van der Waals surface area contributed by atoms with Gasteiger partial charge in [0.2, 0.25) is 5.91 Å². The van der Waals surface area contributed by atoms with Gasteiger partial charge >= 0.3 is 5.97 Å². The Labute approximate surface area is 140 Å². The molecule has 0 fully saturated rings. The molecular formula is C16H22N2O4S. The number of aryl methyl sites for hydroxylation is 1. The Balaban J connectivity index is 2.30. The van der Waals surface area contributed by atoms with Crippen LogP contribution in [0.4, 0.5) is 0 Å². The molecule has 1 aromatic carbocycles. The molecule has 1 rings (SSSR count). The summed E-state index contributed by atoms with van der Waals surface area (Å²) in [5, 5.41) is 4.51. The van der Waals surface area contributed by atoms with E-state index in [1.165, 1.54) is 11.8 Å². The number of rotatable bonds is 8. The highest BCUT2D eigenvalue weighted by Crippen LogP contribution is 2.24. The molecule has 0 aliphatic rings. The summed E-state index contributed by atoms with van der Waals surface area (Å²) in [7, 11) is 0. The van der Waals surface area contributed by atoms with Gasteiger partial charge in [0.05, 0.1) is 6.54 Å². The highest BCUT2D eigenvalue weighted by Gasteiger charge is 2.17. The van der Waals surface area contributed by atoms with Crippen molar-refractivity contribution in [3.63, 3.8) is 0 Å². The van der Waals surface area contributed by atoms with Crippen molar-refractivity contribution < 1.29 is 19.1 Å². The first-order valence-electron chi connectivity index (χ1n) is 7.35. The van der Waals surface area contributed by atoms with Crippen LogP contribution >= 0.6 is 11.8 Å². The first kappa shape index (κ1) is 19.0. The Hall–Kier alpha value is -2.02. The van der Waals surface area contributed by atoms with E-state index in [1.807, 2.05) is 31.2 Å². The van der Waals surface area contributed by atoms with E-state index in [9.17, 15) is 14.4 Å². The van der Waals surface area contributed by atoms with Crippen molar-refractivity contribution in [1.29, 1.82) is 0 Å². The van der Waals surface area contributed by atoms with Crippen LogP contribution in [0, 0.1) is 6.92 Å². The van der Waals surface area contributed by atoms with Crippen LogP contribution in [0.5, 0.6) is 0 Å². The molecule has 1 aromatic rings. The second-order valence-corrected chi connectivity index (χ2v) is 6.33. The van der Waals surface area contributed by atoms with Crippen LogP contribution in [0.3, 0.4) is 0 Å². The molecule has 2 N–H and O–H groups in total. The van der Waals surface area contributed by atoms with Crippen molar-refractivity contribution in [2.24, 2.45) is 0 Å². The summed E-state index contributed by atoms with van der Waals surface area (Å²) in [6.07, 6.45) is 0. The molecule has 0 saturated heterocycles. The minimum absolute atomic E-state index is 0.127. The average molecular weight is 338 g/mol. The van der Waals surface area contributed by atoms with Gasteiger partial charge in [-0.2, -0.15) is 0 Å². The third kappa shape index (κ3) is 7.69. The third-order valence-electron chi connectivity index (χ3n) is 2.83. The van der Waals surface area contributed by atoms with Gasteiger partial charge in [0, 0.05) is 11.4 Å². The van der Waals surface area contributed by atoms with Gasteiger partial charge in [0.1, 0.15) is 5.25 Å². The molecule has 7 heteroatoms. The van der Waals surface area contributed by atoms with E-state index in [4.69, 9.17) is 4.74 Å². The quantitative estimate of drug-likeness (QED) is 0.551. The normalized spacial score (nSPS) is 11.4. The van der Waals surface area contributed by atoms with Gasteiger partial charge < -0.3 is 15.4 Å². The van der Waals surface area contributed by atoms with E-state index in [0.29, 0.717) is 6.54 Å². The van der Waals surface area contributed by atoms with Crippen molar-refractivity contribution in [1.82, 2.24) is 10.6 Å². The Kier molecular flexibility index (Phi) is 8.18. The lowest BCUT2D eigenvalue weighted by Crippen LogP contribution is -2.38. The number of hydrogen-bond donors (Lipinski definition) is 2. The number of benzene rings is 1. The largest absolute Gasteiger partial charge is 0.455 e. The van der Waals surface area contributed by atoms with Gasteiger partial charge in [0.25, 0.3) is 5.91 Å². The molecule has 0 unspecified atom stereocenters. The maximum Gasteiger partial charge on any atom is 0.319 e. The SMILES string of the molecule is CCNC(=O)CNC(=O)COC(=O)[C@H](C)Sc1ccc(C)cc1. The van der Waals surface area contributed by atoms with Crippen LogP contribution in [-0.2, 0) is 19.1 Å². The van der Waals surface area contributed by atoms with Crippen LogP contribution in [0.15, 0.2) is 29.2 Å². The number of thioether (sulfide) groups is 1. The average Bonchev–Trinajstić information content (AvgIpc) is 2.53. The van der Waals surface area contributed by atoms with Crippen molar-refractivity contribution in [3.05, 3.63) is 29.8 Å². The number of hydrogen-bond acceptors (Lipinski definition) is 5. The van der Waals surface area contributed by atoms with Crippen molar-refractivity contribution in [3.8, 4) is 0 Å². The molecular weight excluding hydrogens is 316 g/mol. The number of esters is 1. The molecule has 126 valence electrons. The number of amides is 2. The predicted octanol–water partition coefficient (Wildman–Crippen LogP) is 1.27. The van der Waals surface area contributed by atoms with E-state index >= 15 is 0 Å². The Bertz CT molecular complexity index is 546. The van der Waals surface area contributed by atoms with Crippen molar-refractivity contribution in [2.75, 3.05) is 19.7 Å². The zero-order valence-electron chi connectivity index (χ0n) is 13.5. The van der Waals surface area contributed by atoms with Crippen LogP contribution < -0.4 is 10.6 Å². The molecule has 0 spiro atoms. The molecule has 23 heavy (non-hydrogen) atoms. The topological polar surface area (TPSA) is 84.5 Å². The lowest BCUT2D eigenvalue weighted by atomic mass is 10.2. The molecule has 0 saturated carbocycles. The first-order chi connectivity index (χ1) is 10.9. The maximum atomic E-state index is 11.9. The van der Waals surface area contributed by atoms with Gasteiger partial charge in [-0.05, 0) is 32.9 Å². The Morgan fingerprint density at radius 2 is 1.78 bits per heavy atom. The summed E-state index contributed by atoms with van der Waals surface area (Å²) < 4.78 is 4.95. The standard InChI is InChI=1S/C16H22N2O4S/c1-4-17-14(19)9-18-15(20)10-22-16(21)12(3)23-13-7-5-11(2)6-8-13/h5-8,12H,4,9-10H2,1-3H3,(H,17,19)(H,18,20)/t12-/m0/s1. The van der Waals surface area contributed by atoms with Gasteiger partial charge in [-0.25, -0.2) is 0 Å². The molecule has 0 bridgehead atoms. The lowest BCUT2D eigenvalue weighted by Gasteiger charge is -2.11. The number of likely N-dealkylation sites (N-methyl/N-ethyl adjacent to an activating group) is 1. The molecule has 0 aliphatic heterocycles. The first-order valence-corrected chi connectivity index (χ1v) is 8.23. The lowest BCUT2D eigenvalue weighted by molar-refractivity contribution is -0.147. The molecule has 6 nitrogen and oxygen atoms in total. The smallest absolute Gasteiger partial charge is 0.319 e. The summed E-state index contributed by atoms with van der Waals surface area (Å²) in [4.78, 5) is 35.5. The minimum atomic E-state index is -0.503. The summed E-state index contributed by atoms with van der Waals surface area (Å²) in [6, 6.07) is 7.80. The van der Waals surface area contributed by atoms with E-state index < -0.39 is 23.7 Å². The summed E-state index contributed by atoms with van der Waals surface area (Å²) >= 11 is 1.37. The predicted molar refractivity (Wildman–Crippen MR) is 89.2 cm³/mol. The molecule has 1 atom stereocenters. The zero-order chi connectivity index (χ0) is 17.2. The van der Waals surface area contributed by atoms with Crippen LogP contribution in [0.1, 0.15) is 19.4 Å². The number of ether oxygens (including phenoxy) is 1. The number of carbonyl (C=O) groups excluding carboxylic acids is 3. The number of nitrogens with one attached hydrogen (secondary N) is 2. The van der Waals surface area contributed by atoms with E-state index in [0.717, 1.165) is 10.5 Å². The highest BCUT2D eigenvalue weighted by atomic mass is 32.2. The van der Waals surface area contributed by atoms with Gasteiger partial charge in [-0.1, -0.05) is 17.7 Å². The summed E-state index contributed by atoms with van der Waals surface area (Å²) in [6.45, 7) is 5.48. The maximum absolute atomic E-state index is 11.9. The van der Waals surface area contributed by atoms with Gasteiger partial charge in [0.15, 0.2) is 6.61 Å². The van der Waals surface area contributed by atoms with Gasteiger partial charge in [-0.15, -0.1) is 11.8 Å². The fraction of sp³-hybridized carbons (Fsp3) is 0.438. The Morgan fingerprint density at radius 3 is 2.39 bits per heavy atom. The zero-order valence-corrected chi connectivity index (χ0v) is 14.4. The van der Waals surface area contributed by atoms with Crippen molar-refractivity contribution >= 4 is 29.5 Å². The Morgan fingerprint density at radius 1 is 1.13 bits per heavy atom. The van der Waals surface area contributed by atoms with E-state index in [1.54, 1.807) is 13.8 Å². The minimum Gasteiger partial charge on any atom is -0.455 e.